The van der Waals surface area contributed by atoms with Crippen molar-refractivity contribution in [3.8, 4) is 0 Å². The topological polar surface area (TPSA) is 43.5 Å². The quantitative estimate of drug-likeness (QED) is 0.410. The molecule has 0 spiro atoms. The van der Waals surface area contributed by atoms with Gasteiger partial charge in [0, 0.05) is 17.6 Å². The molecule has 0 aliphatic rings. The summed E-state index contributed by atoms with van der Waals surface area (Å²) in [6.45, 7) is 7.83. The third kappa shape index (κ3) is 6.99. The number of rotatable bonds is 12. The van der Waals surface area contributed by atoms with E-state index in [0.717, 1.165) is 6.54 Å². The molecule has 0 saturated heterocycles. The van der Waals surface area contributed by atoms with Crippen LogP contribution in [0.4, 0.5) is 5.69 Å². The van der Waals surface area contributed by atoms with Crippen LogP contribution >= 0.6 is 0 Å². The average molecular weight is 358 g/mol. The van der Waals surface area contributed by atoms with Crippen molar-refractivity contribution >= 4 is 16.5 Å². The first kappa shape index (κ1) is 22.5. The molecule has 0 heterocycles. The second kappa shape index (κ2) is 12.8. The molecule has 2 aromatic rings. The molecule has 0 bridgehead atoms. The lowest BCUT2D eigenvalue weighted by molar-refractivity contribution is 0.560. The summed E-state index contributed by atoms with van der Waals surface area (Å²) in [6, 6.07) is 11.0. The Balaban J connectivity index is 0.00000338. The van der Waals surface area contributed by atoms with Gasteiger partial charge < -0.3 is 10.8 Å². The minimum absolute atomic E-state index is 0. The zero-order chi connectivity index (χ0) is 17.9. The number of hydrogen-bond acceptors (Lipinski definition) is 1. The number of hydrogen-bond donors (Lipinski definition) is 1. The van der Waals surface area contributed by atoms with Crippen molar-refractivity contribution in [3.63, 3.8) is 0 Å². The van der Waals surface area contributed by atoms with Gasteiger partial charge in [-0.1, -0.05) is 95.0 Å². The van der Waals surface area contributed by atoms with Gasteiger partial charge in [0.25, 0.3) is 0 Å². The fourth-order valence-electron chi connectivity index (χ4n) is 3.64. The van der Waals surface area contributed by atoms with Crippen molar-refractivity contribution < 1.29 is 5.48 Å². The highest BCUT2D eigenvalue weighted by Gasteiger charge is 2.06. The fourth-order valence-corrected chi connectivity index (χ4v) is 3.64. The molecule has 2 heteroatoms. The van der Waals surface area contributed by atoms with Gasteiger partial charge in [0.05, 0.1) is 0 Å². The molecule has 146 valence electrons. The van der Waals surface area contributed by atoms with Crippen molar-refractivity contribution in [1.82, 2.24) is 0 Å². The highest BCUT2D eigenvalue weighted by molar-refractivity contribution is 5.96. The van der Waals surface area contributed by atoms with Crippen molar-refractivity contribution in [2.24, 2.45) is 0 Å². The number of anilines is 1. The maximum atomic E-state index is 3.72. The predicted octanol–water partition coefficient (Wildman–Crippen LogP) is 6.96. The molecule has 26 heavy (non-hydrogen) atoms. The van der Waals surface area contributed by atoms with E-state index in [9.17, 15) is 0 Å². The molecule has 2 aromatic carbocycles. The van der Waals surface area contributed by atoms with Gasteiger partial charge in [0.1, 0.15) is 0 Å². The molecule has 2 nitrogen and oxygen atoms in total. The first-order valence-electron chi connectivity index (χ1n) is 10.5. The van der Waals surface area contributed by atoms with Gasteiger partial charge in [0.15, 0.2) is 0 Å². The van der Waals surface area contributed by atoms with Gasteiger partial charge in [-0.3, -0.25) is 0 Å². The Morgan fingerprint density at radius 2 is 1.35 bits per heavy atom. The molecule has 3 N–H and O–H groups in total. The first-order chi connectivity index (χ1) is 12.2. The molecule has 0 atom stereocenters. The Labute approximate surface area is 160 Å². The summed E-state index contributed by atoms with van der Waals surface area (Å²) in [6.07, 6.45) is 13.9. The van der Waals surface area contributed by atoms with Gasteiger partial charge >= 0.3 is 0 Å². The van der Waals surface area contributed by atoms with E-state index in [-0.39, 0.29) is 5.48 Å². The SMILES string of the molecule is CCCCCCCCCCCCNc1c(C)c(C)cc2ccccc12.O. The van der Waals surface area contributed by atoms with Crippen LogP contribution in [-0.2, 0) is 0 Å². The van der Waals surface area contributed by atoms with Gasteiger partial charge in [0.2, 0.25) is 0 Å². The van der Waals surface area contributed by atoms with Crippen LogP contribution < -0.4 is 5.32 Å². The zero-order valence-corrected chi connectivity index (χ0v) is 17.2. The lowest BCUT2D eigenvalue weighted by Crippen LogP contribution is -2.04. The molecule has 0 radical (unpaired) electrons. The Bertz CT molecular complexity index is 635. The molecule has 0 aliphatic carbocycles. The van der Waals surface area contributed by atoms with E-state index in [1.54, 1.807) is 0 Å². The zero-order valence-electron chi connectivity index (χ0n) is 17.2. The third-order valence-corrected chi connectivity index (χ3v) is 5.40. The van der Waals surface area contributed by atoms with E-state index in [1.165, 1.54) is 91.8 Å². The first-order valence-corrected chi connectivity index (χ1v) is 10.5. The highest BCUT2D eigenvalue weighted by atomic mass is 16.0. The Kier molecular flexibility index (Phi) is 11.0. The summed E-state index contributed by atoms with van der Waals surface area (Å²) in [5.74, 6) is 0. The van der Waals surface area contributed by atoms with Crippen LogP contribution in [0.1, 0.15) is 82.3 Å². The van der Waals surface area contributed by atoms with Crippen LogP contribution in [0.15, 0.2) is 30.3 Å². The van der Waals surface area contributed by atoms with E-state index >= 15 is 0 Å². The molecule has 0 saturated carbocycles. The average Bonchev–Trinajstić information content (AvgIpc) is 2.62. The van der Waals surface area contributed by atoms with Gasteiger partial charge in [-0.25, -0.2) is 0 Å². The van der Waals surface area contributed by atoms with Crippen LogP contribution in [-0.4, -0.2) is 12.0 Å². The van der Waals surface area contributed by atoms with Gasteiger partial charge in [-0.2, -0.15) is 0 Å². The van der Waals surface area contributed by atoms with Crippen molar-refractivity contribution in [1.29, 1.82) is 0 Å². The van der Waals surface area contributed by atoms with Crippen LogP contribution in [0, 0.1) is 13.8 Å². The second-order valence-electron chi connectivity index (χ2n) is 7.52. The lowest BCUT2D eigenvalue weighted by atomic mass is 9.99. The molecule has 0 amide bonds. The Hall–Kier alpha value is -1.54. The molecule has 2 rings (SSSR count). The minimum Gasteiger partial charge on any atom is -0.412 e. The van der Waals surface area contributed by atoms with Crippen LogP contribution in [0.5, 0.6) is 0 Å². The van der Waals surface area contributed by atoms with Gasteiger partial charge in [-0.15, -0.1) is 0 Å². The van der Waals surface area contributed by atoms with Crippen molar-refractivity contribution in [2.75, 3.05) is 11.9 Å². The molecular weight excluding hydrogens is 318 g/mol. The smallest absolute Gasteiger partial charge is 0.0452 e. The highest BCUT2D eigenvalue weighted by Crippen LogP contribution is 2.29. The summed E-state index contributed by atoms with van der Waals surface area (Å²) in [5.41, 5.74) is 4.11. The van der Waals surface area contributed by atoms with E-state index in [1.807, 2.05) is 0 Å². The van der Waals surface area contributed by atoms with E-state index in [0.29, 0.717) is 0 Å². The summed E-state index contributed by atoms with van der Waals surface area (Å²) in [4.78, 5) is 0. The maximum Gasteiger partial charge on any atom is 0.0452 e. The number of unbranched alkanes of at least 4 members (excludes halogenated alkanes) is 9. The molecule has 0 unspecified atom stereocenters. The largest absolute Gasteiger partial charge is 0.412 e. The van der Waals surface area contributed by atoms with Gasteiger partial charge in [-0.05, 0) is 36.8 Å². The number of benzene rings is 2. The Morgan fingerprint density at radius 1 is 0.769 bits per heavy atom. The molecule has 0 aliphatic heterocycles. The third-order valence-electron chi connectivity index (χ3n) is 5.40. The number of nitrogens with one attached hydrogen (secondary N) is 1. The predicted molar refractivity (Wildman–Crippen MR) is 117 cm³/mol. The molecular formula is C24H39NO. The minimum atomic E-state index is 0. The summed E-state index contributed by atoms with van der Waals surface area (Å²) in [5, 5.41) is 6.42. The molecule has 0 aromatic heterocycles. The van der Waals surface area contributed by atoms with Crippen LogP contribution in [0.25, 0.3) is 10.8 Å². The maximum absolute atomic E-state index is 3.72. The molecule has 0 fully saturated rings. The van der Waals surface area contributed by atoms with E-state index < -0.39 is 0 Å². The fraction of sp³-hybridized carbons (Fsp3) is 0.583. The number of aryl methyl sites for hydroxylation is 1. The normalized spacial score (nSPS) is 10.7. The summed E-state index contributed by atoms with van der Waals surface area (Å²) in [7, 11) is 0. The van der Waals surface area contributed by atoms with E-state index in [2.05, 4.69) is 56.4 Å². The number of fused-ring (bicyclic) bond motifs is 1. The summed E-state index contributed by atoms with van der Waals surface area (Å²) < 4.78 is 0. The monoisotopic (exact) mass is 357 g/mol. The lowest BCUT2D eigenvalue weighted by Gasteiger charge is -2.15. The second-order valence-corrected chi connectivity index (χ2v) is 7.52. The Morgan fingerprint density at radius 3 is 2.00 bits per heavy atom. The van der Waals surface area contributed by atoms with E-state index in [4.69, 9.17) is 0 Å². The van der Waals surface area contributed by atoms with Crippen molar-refractivity contribution in [2.45, 2.75) is 85.0 Å². The standard InChI is InChI=1S/C24H37N.H2O/c1-4-5-6-7-8-9-10-11-12-15-18-25-24-21(3)20(2)19-22-16-13-14-17-23(22)24;/h13-14,16-17,19,25H,4-12,15,18H2,1-3H3;1H2. The van der Waals surface area contributed by atoms with Crippen molar-refractivity contribution in [3.05, 3.63) is 41.5 Å². The van der Waals surface area contributed by atoms with Crippen LogP contribution in [0.2, 0.25) is 0 Å². The summed E-state index contributed by atoms with van der Waals surface area (Å²) >= 11 is 0. The van der Waals surface area contributed by atoms with Crippen LogP contribution in [0.3, 0.4) is 0 Å².